The van der Waals surface area contributed by atoms with Gasteiger partial charge in [0.2, 0.25) is 5.97 Å². The molecule has 3 nitrogen and oxygen atoms in total. The molecule has 0 saturated carbocycles. The van der Waals surface area contributed by atoms with Crippen molar-refractivity contribution in [2.24, 2.45) is 0 Å². The molecular weight excluding hydrogens is 278 g/mol. The van der Waals surface area contributed by atoms with Crippen molar-refractivity contribution < 1.29 is 42.6 Å². The second-order valence-corrected chi connectivity index (χ2v) is 2.92. The maximum Gasteiger partial charge on any atom is 0.249 e. The van der Waals surface area contributed by atoms with Crippen LogP contribution in [0, 0.1) is 6.20 Å². The molecule has 0 unspecified atom stereocenters. The van der Waals surface area contributed by atoms with Crippen LogP contribution < -0.4 is 0 Å². The van der Waals surface area contributed by atoms with Gasteiger partial charge in [0.1, 0.15) is 0 Å². The fourth-order valence-corrected chi connectivity index (χ4v) is 1.17. The van der Waals surface area contributed by atoms with Gasteiger partial charge in [-0.05, 0) is 23.2 Å². The SMILES string of the molecule is C=C1C(Cl)=CC(C(=O)O)=[C-]N1CC.[Y]. The third-order valence-corrected chi connectivity index (χ3v) is 2.00. The number of aliphatic carboxylic acids is 1. The van der Waals surface area contributed by atoms with Crippen LogP contribution in [0.4, 0.5) is 0 Å². The number of carbonyl (C=O) groups is 1. The van der Waals surface area contributed by atoms with Crippen LogP contribution in [0.2, 0.25) is 0 Å². The van der Waals surface area contributed by atoms with Gasteiger partial charge in [0.15, 0.2) is 0 Å². The number of nitrogens with zero attached hydrogens (tertiary/aromatic N) is 1. The first-order chi connectivity index (χ1) is 6.06. The summed E-state index contributed by atoms with van der Waals surface area (Å²) in [5.41, 5.74) is 0.633. The van der Waals surface area contributed by atoms with Gasteiger partial charge in [-0.25, -0.2) is 0 Å². The Hall–Kier alpha value is -0.116. The number of carboxylic acids is 1. The summed E-state index contributed by atoms with van der Waals surface area (Å²) < 4.78 is 0. The van der Waals surface area contributed by atoms with Crippen LogP contribution in [0.5, 0.6) is 0 Å². The molecule has 1 aliphatic heterocycles. The molecule has 1 radical (unpaired) electrons. The van der Waals surface area contributed by atoms with Crippen molar-refractivity contribution in [1.82, 2.24) is 4.90 Å². The van der Waals surface area contributed by atoms with E-state index in [4.69, 9.17) is 16.7 Å². The standard InChI is InChI=1S/C9H9ClNO2.Y/c1-3-11-5-7(9(12)13)4-8(10)6(11)2;/h4H,2-3H2,1H3,(H,12,13);/q-1;. The zero-order valence-corrected chi connectivity index (χ0v) is 11.3. The number of allylic oxidation sites excluding steroid dienone is 1. The summed E-state index contributed by atoms with van der Waals surface area (Å²) >= 11 is 5.78. The van der Waals surface area contributed by atoms with Crippen LogP contribution >= 0.6 is 11.6 Å². The Morgan fingerprint density at radius 3 is 2.79 bits per heavy atom. The van der Waals surface area contributed by atoms with Gasteiger partial charge in [0.05, 0.1) is 0 Å². The van der Waals surface area contributed by atoms with Gasteiger partial charge >= 0.3 is 0 Å². The van der Waals surface area contributed by atoms with E-state index in [0.29, 0.717) is 17.3 Å². The summed E-state index contributed by atoms with van der Waals surface area (Å²) in [4.78, 5) is 12.2. The van der Waals surface area contributed by atoms with E-state index in [9.17, 15) is 4.79 Å². The summed E-state index contributed by atoms with van der Waals surface area (Å²) in [7, 11) is 0. The Bertz CT molecular complexity index is 323. The summed E-state index contributed by atoms with van der Waals surface area (Å²) in [6.07, 6.45) is 4.02. The summed E-state index contributed by atoms with van der Waals surface area (Å²) in [5.74, 6) is -1.04. The van der Waals surface area contributed by atoms with Crippen LogP contribution in [-0.2, 0) is 37.5 Å². The maximum atomic E-state index is 10.6. The quantitative estimate of drug-likeness (QED) is 0.786. The maximum absolute atomic E-state index is 10.6. The van der Waals surface area contributed by atoms with Crippen LogP contribution in [0.1, 0.15) is 6.92 Å². The normalized spacial score (nSPS) is 15.6. The van der Waals surface area contributed by atoms with Gasteiger partial charge in [-0.1, -0.05) is 6.20 Å². The minimum Gasteiger partial charge on any atom is -0.521 e. The predicted octanol–water partition coefficient (Wildman–Crippen LogP) is 1.73. The van der Waals surface area contributed by atoms with E-state index < -0.39 is 5.97 Å². The van der Waals surface area contributed by atoms with Crippen molar-refractivity contribution >= 4 is 17.6 Å². The Morgan fingerprint density at radius 1 is 1.79 bits per heavy atom. The average Bonchev–Trinajstić information content (AvgIpc) is 2.09. The smallest absolute Gasteiger partial charge is 0.249 e. The third kappa shape index (κ3) is 2.94. The molecule has 0 aromatic heterocycles. The molecule has 0 bridgehead atoms. The largest absolute Gasteiger partial charge is 0.521 e. The molecule has 0 aliphatic carbocycles. The van der Waals surface area contributed by atoms with E-state index in [2.05, 4.69) is 12.8 Å². The van der Waals surface area contributed by atoms with Crippen LogP contribution in [0.3, 0.4) is 0 Å². The molecular formula is C9H9ClNO2Y-. The molecule has 14 heavy (non-hydrogen) atoms. The zero-order valence-electron chi connectivity index (χ0n) is 7.75. The number of halogens is 1. The third-order valence-electron chi connectivity index (χ3n) is 1.67. The van der Waals surface area contributed by atoms with Gasteiger partial charge in [-0.3, -0.25) is 0 Å². The first kappa shape index (κ1) is 13.9. The topological polar surface area (TPSA) is 40.5 Å². The van der Waals surface area contributed by atoms with Crippen molar-refractivity contribution in [3.05, 3.63) is 35.2 Å². The van der Waals surface area contributed by atoms with E-state index in [0.717, 1.165) is 0 Å². The van der Waals surface area contributed by atoms with E-state index in [1.54, 1.807) is 4.90 Å². The number of likely N-dealkylation sites (N-methyl/N-ethyl adjacent to an activating group) is 1. The molecule has 1 rings (SSSR count). The van der Waals surface area contributed by atoms with Gasteiger partial charge in [-0.15, -0.1) is 24.3 Å². The zero-order chi connectivity index (χ0) is 10.0. The average molecular weight is 288 g/mol. The van der Waals surface area contributed by atoms with Crippen molar-refractivity contribution in [3.63, 3.8) is 0 Å². The number of rotatable bonds is 2. The number of carboxylic acid groups (broad SMARTS) is 1. The van der Waals surface area contributed by atoms with Gasteiger partial charge in [0.25, 0.3) is 0 Å². The molecule has 0 fully saturated rings. The molecule has 5 heteroatoms. The van der Waals surface area contributed by atoms with E-state index in [1.807, 2.05) is 6.92 Å². The number of hydrogen-bond donors (Lipinski definition) is 1. The predicted molar refractivity (Wildman–Crippen MR) is 49.8 cm³/mol. The molecule has 0 aromatic carbocycles. The molecule has 1 heterocycles. The van der Waals surface area contributed by atoms with E-state index >= 15 is 0 Å². The molecule has 0 aromatic rings. The second-order valence-electron chi connectivity index (χ2n) is 2.51. The number of hydrogen-bond acceptors (Lipinski definition) is 2. The minimum absolute atomic E-state index is 0. The second kappa shape index (κ2) is 5.69. The van der Waals surface area contributed by atoms with Gasteiger partial charge in [-0.2, -0.15) is 0 Å². The van der Waals surface area contributed by atoms with Crippen molar-refractivity contribution in [2.45, 2.75) is 6.92 Å². The van der Waals surface area contributed by atoms with Crippen molar-refractivity contribution in [2.75, 3.05) is 6.54 Å². The fourth-order valence-electron chi connectivity index (χ4n) is 0.964. The van der Waals surface area contributed by atoms with Crippen LogP contribution in [0.15, 0.2) is 29.0 Å². The van der Waals surface area contributed by atoms with Crippen LogP contribution in [-0.4, -0.2) is 22.5 Å². The van der Waals surface area contributed by atoms with Crippen LogP contribution in [0.25, 0.3) is 0 Å². The molecule has 0 spiro atoms. The fraction of sp³-hybridized carbons (Fsp3) is 0.222. The molecule has 1 aliphatic rings. The molecule has 1 N–H and O–H groups in total. The van der Waals surface area contributed by atoms with E-state index in [1.165, 1.54) is 6.08 Å². The molecule has 0 atom stereocenters. The van der Waals surface area contributed by atoms with Crippen molar-refractivity contribution in [3.8, 4) is 0 Å². The minimum atomic E-state index is -1.04. The molecule has 0 amide bonds. The summed E-state index contributed by atoms with van der Waals surface area (Å²) in [5, 5.41) is 9.04. The summed E-state index contributed by atoms with van der Waals surface area (Å²) in [6.45, 7) is 6.16. The first-order valence-electron chi connectivity index (χ1n) is 3.77. The van der Waals surface area contributed by atoms with Gasteiger partial charge < -0.3 is 14.8 Å². The Morgan fingerprint density at radius 2 is 2.36 bits per heavy atom. The summed E-state index contributed by atoms with van der Waals surface area (Å²) in [6, 6.07) is 0. The van der Waals surface area contributed by atoms with Gasteiger partial charge in [0, 0.05) is 39.3 Å². The Balaban J connectivity index is 0.00000169. The monoisotopic (exact) mass is 287 g/mol. The Labute approximate surface area is 113 Å². The Kier molecular flexibility index (Phi) is 5.64. The van der Waals surface area contributed by atoms with E-state index in [-0.39, 0.29) is 38.3 Å². The first-order valence-corrected chi connectivity index (χ1v) is 4.15. The molecule has 73 valence electrons. The van der Waals surface area contributed by atoms with Crippen molar-refractivity contribution in [1.29, 1.82) is 0 Å². The molecule has 0 saturated heterocycles.